The zero-order chi connectivity index (χ0) is 12.4. The molecule has 1 aromatic rings. The normalized spacial score (nSPS) is 21.4. The Kier molecular flexibility index (Phi) is 3.55. The molecule has 1 aliphatic rings. The summed E-state index contributed by atoms with van der Waals surface area (Å²) in [6.45, 7) is 1.62. The van der Waals surface area contributed by atoms with E-state index in [-0.39, 0.29) is 23.7 Å². The van der Waals surface area contributed by atoms with Gasteiger partial charge in [-0.2, -0.15) is 0 Å². The van der Waals surface area contributed by atoms with E-state index in [4.69, 9.17) is 0 Å². The summed E-state index contributed by atoms with van der Waals surface area (Å²) in [7, 11) is 0. The highest BCUT2D eigenvalue weighted by Gasteiger charge is 2.25. The maximum absolute atomic E-state index is 14.0. The maximum atomic E-state index is 14.0. The van der Waals surface area contributed by atoms with Gasteiger partial charge in [0.25, 0.3) is 0 Å². The maximum Gasteiger partial charge on any atom is 0.133 e. The van der Waals surface area contributed by atoms with Crippen molar-refractivity contribution in [3.63, 3.8) is 0 Å². The molecule has 1 nitrogen and oxygen atoms in total. The molecular formula is C14H16F2O. The van der Waals surface area contributed by atoms with Crippen LogP contribution in [0.4, 0.5) is 8.78 Å². The Balaban J connectivity index is 2.38. The zero-order valence-corrected chi connectivity index (χ0v) is 9.93. The minimum Gasteiger partial charge on any atom is -0.300 e. The average molecular weight is 238 g/mol. The van der Waals surface area contributed by atoms with Crippen LogP contribution in [0.15, 0.2) is 12.1 Å². The molecule has 1 aliphatic carbocycles. The van der Waals surface area contributed by atoms with Crippen LogP contribution in [0.25, 0.3) is 0 Å². The average Bonchev–Trinajstić information content (AvgIpc) is 2.49. The van der Waals surface area contributed by atoms with E-state index in [1.54, 1.807) is 6.92 Å². The van der Waals surface area contributed by atoms with Gasteiger partial charge in [-0.3, -0.25) is 4.79 Å². The van der Waals surface area contributed by atoms with Gasteiger partial charge in [0.1, 0.15) is 17.4 Å². The van der Waals surface area contributed by atoms with E-state index in [1.165, 1.54) is 12.1 Å². The van der Waals surface area contributed by atoms with Crippen molar-refractivity contribution in [3.8, 4) is 0 Å². The van der Waals surface area contributed by atoms with Gasteiger partial charge in [-0.15, -0.1) is 0 Å². The number of Topliss-reactive ketones (excluding diaryl/α,β-unsaturated/α-hetero) is 1. The molecule has 2 rings (SSSR count). The van der Waals surface area contributed by atoms with Crippen LogP contribution < -0.4 is 0 Å². The predicted octanol–water partition coefficient (Wildman–Crippen LogP) is 3.89. The van der Waals surface area contributed by atoms with Crippen molar-refractivity contribution in [1.82, 2.24) is 0 Å². The van der Waals surface area contributed by atoms with Crippen LogP contribution in [0, 0.1) is 18.6 Å². The zero-order valence-electron chi connectivity index (χ0n) is 9.93. The first-order valence-electron chi connectivity index (χ1n) is 6.06. The van der Waals surface area contributed by atoms with Crippen molar-refractivity contribution in [2.75, 3.05) is 0 Å². The van der Waals surface area contributed by atoms with Crippen LogP contribution in [-0.2, 0) is 4.79 Å². The number of carbonyl (C=O) groups is 1. The summed E-state index contributed by atoms with van der Waals surface area (Å²) in [5.74, 6) is -1.17. The minimum absolute atomic E-state index is 0.111. The Morgan fingerprint density at radius 3 is 2.76 bits per heavy atom. The molecule has 0 radical (unpaired) electrons. The van der Waals surface area contributed by atoms with Crippen molar-refractivity contribution in [1.29, 1.82) is 0 Å². The minimum atomic E-state index is -0.521. The molecule has 0 amide bonds. The number of benzene rings is 1. The third-order valence-corrected chi connectivity index (χ3v) is 3.46. The highest BCUT2D eigenvalue weighted by atomic mass is 19.1. The van der Waals surface area contributed by atoms with Crippen LogP contribution >= 0.6 is 0 Å². The summed E-state index contributed by atoms with van der Waals surface area (Å²) < 4.78 is 27.7. The van der Waals surface area contributed by atoms with Crippen LogP contribution in [0.1, 0.15) is 49.1 Å². The molecule has 17 heavy (non-hydrogen) atoms. The Morgan fingerprint density at radius 2 is 2.00 bits per heavy atom. The molecule has 0 spiro atoms. The smallest absolute Gasteiger partial charge is 0.133 e. The predicted molar refractivity (Wildman–Crippen MR) is 61.9 cm³/mol. The number of carbonyl (C=O) groups excluding carboxylic acids is 1. The fraction of sp³-hybridized carbons (Fsp3) is 0.500. The van der Waals surface area contributed by atoms with Crippen molar-refractivity contribution in [2.24, 2.45) is 0 Å². The monoisotopic (exact) mass is 238 g/mol. The first kappa shape index (κ1) is 12.2. The van der Waals surface area contributed by atoms with Crippen LogP contribution in [0.3, 0.4) is 0 Å². The number of hydrogen-bond acceptors (Lipinski definition) is 1. The highest BCUT2D eigenvalue weighted by Crippen LogP contribution is 2.34. The lowest BCUT2D eigenvalue weighted by Crippen LogP contribution is -2.09. The van der Waals surface area contributed by atoms with Crippen LogP contribution in [0.2, 0.25) is 0 Å². The van der Waals surface area contributed by atoms with E-state index in [1.807, 2.05) is 0 Å². The van der Waals surface area contributed by atoms with Gasteiger partial charge in [0.05, 0.1) is 0 Å². The standard InChI is InChI=1S/C14H16F2O/c1-9-6-7-12(15)13(14(9)16)10-4-2-3-5-11(17)8-10/h6-7,10H,2-5,8H2,1H3. The fourth-order valence-electron chi connectivity index (χ4n) is 2.49. The molecule has 0 N–H and O–H groups in total. The molecule has 1 saturated carbocycles. The number of hydrogen-bond donors (Lipinski definition) is 0. The summed E-state index contributed by atoms with van der Waals surface area (Å²) in [4.78, 5) is 11.5. The quantitative estimate of drug-likeness (QED) is 0.678. The lowest BCUT2D eigenvalue weighted by molar-refractivity contribution is -0.119. The van der Waals surface area contributed by atoms with Gasteiger partial charge in [0.15, 0.2) is 0 Å². The van der Waals surface area contributed by atoms with E-state index in [0.29, 0.717) is 18.4 Å². The number of rotatable bonds is 1. The summed E-state index contributed by atoms with van der Waals surface area (Å²) in [5, 5.41) is 0. The van der Waals surface area contributed by atoms with Crippen molar-refractivity contribution >= 4 is 5.78 Å². The van der Waals surface area contributed by atoms with Crippen LogP contribution in [0.5, 0.6) is 0 Å². The second-order valence-electron chi connectivity index (χ2n) is 4.78. The van der Waals surface area contributed by atoms with Gasteiger partial charge in [-0.05, 0) is 37.3 Å². The summed E-state index contributed by atoms with van der Waals surface area (Å²) in [6, 6.07) is 2.73. The Bertz CT molecular complexity index is 440. The molecule has 3 heteroatoms. The lowest BCUT2D eigenvalue weighted by Gasteiger charge is -2.16. The third-order valence-electron chi connectivity index (χ3n) is 3.46. The van der Waals surface area contributed by atoms with E-state index >= 15 is 0 Å². The Hall–Kier alpha value is -1.25. The summed E-state index contributed by atoms with van der Waals surface area (Å²) >= 11 is 0. The van der Waals surface area contributed by atoms with Crippen molar-refractivity contribution < 1.29 is 13.6 Å². The first-order valence-corrected chi connectivity index (χ1v) is 6.06. The van der Waals surface area contributed by atoms with E-state index in [2.05, 4.69) is 0 Å². The van der Waals surface area contributed by atoms with Gasteiger partial charge < -0.3 is 0 Å². The second kappa shape index (κ2) is 4.94. The van der Waals surface area contributed by atoms with Crippen molar-refractivity contribution in [2.45, 2.75) is 44.9 Å². The Labute approximate surface area is 99.8 Å². The number of halogens is 2. The molecule has 92 valence electrons. The Morgan fingerprint density at radius 1 is 1.24 bits per heavy atom. The molecule has 0 heterocycles. The fourth-order valence-corrected chi connectivity index (χ4v) is 2.49. The highest BCUT2D eigenvalue weighted by molar-refractivity contribution is 5.79. The number of aryl methyl sites for hydroxylation is 1. The topological polar surface area (TPSA) is 17.1 Å². The molecule has 1 atom stereocenters. The lowest BCUT2D eigenvalue weighted by atomic mass is 9.89. The third kappa shape index (κ3) is 2.54. The van der Waals surface area contributed by atoms with E-state index in [0.717, 1.165) is 12.8 Å². The van der Waals surface area contributed by atoms with E-state index in [9.17, 15) is 13.6 Å². The molecule has 0 aromatic heterocycles. The molecular weight excluding hydrogens is 222 g/mol. The summed E-state index contributed by atoms with van der Waals surface area (Å²) in [6.07, 6.45) is 3.22. The molecule has 0 aliphatic heterocycles. The molecule has 0 bridgehead atoms. The molecule has 0 saturated heterocycles. The van der Waals surface area contributed by atoms with E-state index < -0.39 is 11.6 Å². The second-order valence-corrected chi connectivity index (χ2v) is 4.78. The molecule has 1 aromatic carbocycles. The summed E-state index contributed by atoms with van der Waals surface area (Å²) in [5.41, 5.74) is 0.554. The largest absolute Gasteiger partial charge is 0.300 e. The first-order chi connectivity index (χ1) is 8.09. The van der Waals surface area contributed by atoms with Gasteiger partial charge in [-0.1, -0.05) is 12.5 Å². The van der Waals surface area contributed by atoms with Crippen molar-refractivity contribution in [3.05, 3.63) is 34.9 Å². The van der Waals surface area contributed by atoms with Gasteiger partial charge >= 0.3 is 0 Å². The van der Waals surface area contributed by atoms with Gasteiger partial charge in [-0.25, -0.2) is 8.78 Å². The molecule has 1 unspecified atom stereocenters. The number of ketones is 1. The van der Waals surface area contributed by atoms with Gasteiger partial charge in [0.2, 0.25) is 0 Å². The SMILES string of the molecule is Cc1ccc(F)c(C2CCCCC(=O)C2)c1F. The molecule has 1 fully saturated rings. The van der Waals surface area contributed by atoms with Gasteiger partial charge in [0, 0.05) is 18.4 Å². The van der Waals surface area contributed by atoms with Crippen LogP contribution in [-0.4, -0.2) is 5.78 Å².